The van der Waals surface area contributed by atoms with Crippen LogP contribution >= 0.6 is 0 Å². The third-order valence-electron chi connectivity index (χ3n) is 5.48. The molecule has 1 aromatic rings. The summed E-state index contributed by atoms with van der Waals surface area (Å²) in [5, 5.41) is 3.09. The molecule has 0 bridgehead atoms. The maximum atomic E-state index is 13.4. The number of alkyl halides is 3. The number of nitrogens with one attached hydrogen (secondary N) is 1. The smallest absolute Gasteiger partial charge is 0.310 e. The Kier molecular flexibility index (Phi) is 5.08. The van der Waals surface area contributed by atoms with Gasteiger partial charge in [-0.05, 0) is 31.5 Å². The van der Waals surface area contributed by atoms with Gasteiger partial charge in [0.25, 0.3) is 5.91 Å². The highest BCUT2D eigenvalue weighted by molar-refractivity contribution is 7.89. The van der Waals surface area contributed by atoms with Crippen LogP contribution in [0.2, 0.25) is 0 Å². The molecule has 2 heterocycles. The van der Waals surface area contributed by atoms with Crippen molar-refractivity contribution in [2.45, 2.75) is 44.4 Å². The van der Waals surface area contributed by atoms with Gasteiger partial charge in [-0.3, -0.25) is 9.59 Å². The zero-order valence-corrected chi connectivity index (χ0v) is 16.2. The highest BCUT2D eigenvalue weighted by Gasteiger charge is 2.66. The molecular weight excluding hydrogens is 397 g/mol. The molecule has 1 amide bonds. The lowest BCUT2D eigenvalue weighted by Gasteiger charge is -2.30. The topological polar surface area (TPSA) is 83.6 Å². The summed E-state index contributed by atoms with van der Waals surface area (Å²) >= 11 is 0. The summed E-state index contributed by atoms with van der Waals surface area (Å²) in [4.78, 5) is 26.6. The molecule has 1 N–H and O–H groups in total. The van der Waals surface area contributed by atoms with Crippen LogP contribution in [0.25, 0.3) is 0 Å². The molecule has 28 heavy (non-hydrogen) atoms. The van der Waals surface area contributed by atoms with E-state index in [0.29, 0.717) is 19.4 Å². The van der Waals surface area contributed by atoms with Crippen molar-refractivity contribution >= 4 is 21.7 Å². The summed E-state index contributed by atoms with van der Waals surface area (Å²) < 4.78 is 63.7. The number of benzene rings is 1. The number of Topliss-reactive ketones (excluding diaryl/α,β-unsaturated/α-hetero) is 1. The first-order valence-corrected chi connectivity index (χ1v) is 10.8. The zero-order valence-electron chi connectivity index (χ0n) is 15.4. The molecule has 1 aromatic carbocycles. The van der Waals surface area contributed by atoms with E-state index < -0.39 is 51.0 Å². The van der Waals surface area contributed by atoms with Crippen molar-refractivity contribution in [2.24, 2.45) is 5.41 Å². The van der Waals surface area contributed by atoms with Gasteiger partial charge in [-0.2, -0.15) is 13.2 Å². The van der Waals surface area contributed by atoms with E-state index in [-0.39, 0.29) is 12.0 Å². The van der Waals surface area contributed by atoms with Gasteiger partial charge in [0.05, 0.1) is 23.9 Å². The molecule has 3 atom stereocenters. The van der Waals surface area contributed by atoms with E-state index in [9.17, 15) is 31.2 Å². The predicted octanol–water partition coefficient (Wildman–Crippen LogP) is 2.21. The number of carbonyl (C=O) groups is 2. The molecule has 2 aliphatic heterocycles. The van der Waals surface area contributed by atoms with Gasteiger partial charge in [-0.25, -0.2) is 12.7 Å². The number of hydrogen-bond donors (Lipinski definition) is 1. The lowest BCUT2D eigenvalue weighted by atomic mass is 9.71. The van der Waals surface area contributed by atoms with E-state index in [0.717, 1.165) is 34.8 Å². The quantitative estimate of drug-likeness (QED) is 0.586. The van der Waals surface area contributed by atoms with Crippen LogP contribution in [0.4, 0.5) is 13.2 Å². The number of sulfonamides is 1. The lowest BCUT2D eigenvalue weighted by Crippen LogP contribution is -2.50. The molecule has 154 valence electrons. The van der Waals surface area contributed by atoms with Crippen molar-refractivity contribution in [3.8, 4) is 0 Å². The Hall–Kier alpha value is -1.94. The first-order valence-electron chi connectivity index (χ1n) is 8.94. The molecule has 0 aromatic heterocycles. The number of carbonyl (C=O) groups excluding carboxylic acids is 2. The number of fused-ring (bicyclic) bond motifs is 1. The van der Waals surface area contributed by atoms with Crippen LogP contribution in [0.3, 0.4) is 0 Å². The first kappa shape index (κ1) is 20.8. The van der Waals surface area contributed by atoms with Crippen LogP contribution < -0.4 is 5.32 Å². The normalized spacial score (nSPS) is 27.9. The average Bonchev–Trinajstić information content (AvgIpc) is 3.14. The average molecular weight is 418 g/mol. The Labute approximate surface area is 161 Å². The second-order valence-corrected chi connectivity index (χ2v) is 9.14. The minimum absolute atomic E-state index is 0.0439. The van der Waals surface area contributed by atoms with Crippen LogP contribution in [0.5, 0.6) is 0 Å². The Balaban J connectivity index is 2.09. The third kappa shape index (κ3) is 3.12. The summed E-state index contributed by atoms with van der Waals surface area (Å²) in [6.45, 7) is 2.21. The van der Waals surface area contributed by atoms with Gasteiger partial charge in [0.2, 0.25) is 10.0 Å². The number of ketones is 1. The van der Waals surface area contributed by atoms with Crippen molar-refractivity contribution in [1.82, 2.24) is 9.62 Å². The Morgan fingerprint density at radius 1 is 1.29 bits per heavy atom. The summed E-state index contributed by atoms with van der Waals surface area (Å²) in [7, 11) is -3.89. The molecule has 0 saturated carbocycles. The lowest BCUT2D eigenvalue weighted by molar-refractivity contribution is -0.137. The highest BCUT2D eigenvalue weighted by Crippen LogP contribution is 2.47. The molecule has 2 aliphatic rings. The van der Waals surface area contributed by atoms with E-state index >= 15 is 0 Å². The number of nitrogens with zero attached hydrogens (tertiary/aromatic N) is 1. The zero-order chi connectivity index (χ0) is 20.9. The molecule has 0 unspecified atom stereocenters. The van der Waals surface area contributed by atoms with Gasteiger partial charge in [0.15, 0.2) is 5.78 Å². The molecule has 2 fully saturated rings. The van der Waals surface area contributed by atoms with Crippen LogP contribution in [-0.2, 0) is 21.0 Å². The van der Waals surface area contributed by atoms with Crippen molar-refractivity contribution in [3.05, 3.63) is 35.4 Å². The van der Waals surface area contributed by atoms with Crippen molar-refractivity contribution in [3.63, 3.8) is 0 Å². The fourth-order valence-electron chi connectivity index (χ4n) is 4.40. The maximum absolute atomic E-state index is 13.4. The SMILES string of the molecule is CCC[C@@]1(C(=O)c2ccc(C(F)(F)F)cc2)C(=O)N(S(C)(=O)=O)[C@H]2CCN[C@@H]21. The third-order valence-corrected chi connectivity index (χ3v) is 6.64. The van der Waals surface area contributed by atoms with Crippen LogP contribution in [0.15, 0.2) is 24.3 Å². The Morgan fingerprint density at radius 2 is 1.89 bits per heavy atom. The molecule has 10 heteroatoms. The van der Waals surface area contributed by atoms with Crippen LogP contribution in [-0.4, -0.2) is 49.3 Å². The number of hydrogen-bond acceptors (Lipinski definition) is 5. The predicted molar refractivity (Wildman–Crippen MR) is 95.0 cm³/mol. The number of amides is 1. The van der Waals surface area contributed by atoms with Gasteiger partial charge in [-0.1, -0.05) is 25.5 Å². The molecule has 6 nitrogen and oxygen atoms in total. The van der Waals surface area contributed by atoms with Gasteiger partial charge < -0.3 is 5.32 Å². The van der Waals surface area contributed by atoms with Gasteiger partial charge in [0, 0.05) is 5.56 Å². The van der Waals surface area contributed by atoms with Crippen LogP contribution in [0, 0.1) is 5.41 Å². The minimum atomic E-state index is -4.54. The summed E-state index contributed by atoms with van der Waals surface area (Å²) in [5.74, 6) is -1.45. The van der Waals surface area contributed by atoms with Crippen molar-refractivity contribution < 1.29 is 31.2 Å². The monoisotopic (exact) mass is 418 g/mol. The summed E-state index contributed by atoms with van der Waals surface area (Å²) in [6, 6.07) is 2.29. The van der Waals surface area contributed by atoms with Crippen molar-refractivity contribution in [2.75, 3.05) is 12.8 Å². The summed E-state index contributed by atoms with van der Waals surface area (Å²) in [6.07, 6.45) is -2.70. The Morgan fingerprint density at radius 3 is 2.39 bits per heavy atom. The number of rotatable bonds is 5. The highest BCUT2D eigenvalue weighted by atomic mass is 32.2. The fourth-order valence-corrected chi connectivity index (χ4v) is 5.58. The fraction of sp³-hybridized carbons (Fsp3) is 0.556. The molecule has 0 spiro atoms. The van der Waals surface area contributed by atoms with Gasteiger partial charge in [-0.15, -0.1) is 0 Å². The largest absolute Gasteiger partial charge is 0.416 e. The molecular formula is C18H21F3N2O4S. The number of halogens is 3. The Bertz CT molecular complexity index is 898. The van der Waals surface area contributed by atoms with E-state index in [2.05, 4.69) is 5.32 Å². The van der Waals surface area contributed by atoms with E-state index in [4.69, 9.17) is 0 Å². The van der Waals surface area contributed by atoms with Gasteiger partial charge >= 0.3 is 6.18 Å². The first-order chi connectivity index (χ1) is 12.9. The summed E-state index contributed by atoms with van der Waals surface area (Å²) in [5.41, 5.74) is -2.60. The molecule has 2 saturated heterocycles. The van der Waals surface area contributed by atoms with E-state index in [1.807, 2.05) is 0 Å². The molecule has 0 radical (unpaired) electrons. The van der Waals surface area contributed by atoms with Crippen LogP contribution in [0.1, 0.15) is 42.1 Å². The van der Waals surface area contributed by atoms with Crippen molar-refractivity contribution in [1.29, 1.82) is 0 Å². The standard InChI is InChI=1S/C18H21F3N2O4S/c1-3-9-17(15(24)11-4-6-12(7-5-11)18(19,20)21)14-13(8-10-22-14)23(16(17)25)28(2,26)27/h4-7,13-14,22H,3,8-10H2,1-2H3/t13-,14-,17+/m0/s1. The molecule has 3 rings (SSSR count). The second-order valence-electron chi connectivity index (χ2n) is 7.28. The van der Waals surface area contributed by atoms with E-state index in [1.54, 1.807) is 6.92 Å². The molecule has 0 aliphatic carbocycles. The van der Waals surface area contributed by atoms with E-state index in [1.165, 1.54) is 0 Å². The maximum Gasteiger partial charge on any atom is 0.416 e. The second kappa shape index (κ2) is 6.84. The minimum Gasteiger partial charge on any atom is -0.310 e. The van der Waals surface area contributed by atoms with Gasteiger partial charge in [0.1, 0.15) is 5.41 Å².